The molecule has 2 rings (SSSR count). The predicted molar refractivity (Wildman–Crippen MR) is 68.8 cm³/mol. The lowest BCUT2D eigenvalue weighted by molar-refractivity contribution is -0.143. The van der Waals surface area contributed by atoms with E-state index in [1.165, 1.54) is 18.2 Å². The summed E-state index contributed by atoms with van der Waals surface area (Å²) in [6, 6.07) is 3.53. The third-order valence-corrected chi connectivity index (χ3v) is 3.44. The molecule has 1 unspecified atom stereocenters. The number of carboxylic acids is 1. The number of carbonyl (C=O) groups is 2. The van der Waals surface area contributed by atoms with Gasteiger partial charge in [0, 0.05) is 26.2 Å². The molecule has 0 aliphatic carbocycles. The van der Waals surface area contributed by atoms with E-state index >= 15 is 0 Å². The summed E-state index contributed by atoms with van der Waals surface area (Å²) in [4.78, 5) is 29.9. The van der Waals surface area contributed by atoms with Crippen molar-refractivity contribution in [2.75, 3.05) is 26.2 Å². The number of aromatic nitrogens is 1. The van der Waals surface area contributed by atoms with Gasteiger partial charge < -0.3 is 10.0 Å². The first-order valence-electron chi connectivity index (χ1n) is 6.37. The van der Waals surface area contributed by atoms with Gasteiger partial charge in [0.15, 0.2) is 0 Å². The second-order valence-corrected chi connectivity index (χ2v) is 4.69. The average Bonchev–Trinajstić information content (AvgIpc) is 2.46. The molecule has 1 atom stereocenters. The van der Waals surface area contributed by atoms with E-state index in [1.807, 2.05) is 0 Å². The van der Waals surface area contributed by atoms with E-state index in [-0.39, 0.29) is 11.6 Å². The van der Waals surface area contributed by atoms with Crippen LogP contribution in [0.1, 0.15) is 17.4 Å². The average molecular weight is 281 g/mol. The molecule has 1 saturated heterocycles. The van der Waals surface area contributed by atoms with Gasteiger partial charge in [-0.2, -0.15) is 4.39 Å². The van der Waals surface area contributed by atoms with Crippen molar-refractivity contribution in [3.05, 3.63) is 29.8 Å². The highest BCUT2D eigenvalue weighted by molar-refractivity contribution is 5.92. The molecule has 108 valence electrons. The first kappa shape index (κ1) is 14.4. The van der Waals surface area contributed by atoms with Gasteiger partial charge in [0.1, 0.15) is 11.7 Å². The fourth-order valence-electron chi connectivity index (χ4n) is 2.16. The summed E-state index contributed by atoms with van der Waals surface area (Å²) in [7, 11) is 0. The molecule has 0 radical (unpaired) electrons. The summed E-state index contributed by atoms with van der Waals surface area (Å²) >= 11 is 0. The number of rotatable bonds is 3. The largest absolute Gasteiger partial charge is 0.480 e. The van der Waals surface area contributed by atoms with Crippen molar-refractivity contribution in [1.82, 2.24) is 14.8 Å². The van der Waals surface area contributed by atoms with E-state index in [0.29, 0.717) is 26.2 Å². The molecule has 1 aliphatic rings. The maximum absolute atomic E-state index is 13.0. The Labute approximate surface area is 115 Å². The molecular formula is C13H16FN3O3. The third kappa shape index (κ3) is 3.11. The smallest absolute Gasteiger partial charge is 0.320 e. The molecule has 0 saturated carbocycles. The van der Waals surface area contributed by atoms with Gasteiger partial charge in [0.2, 0.25) is 5.95 Å². The third-order valence-electron chi connectivity index (χ3n) is 3.44. The second-order valence-electron chi connectivity index (χ2n) is 4.69. The number of hydrogen-bond donors (Lipinski definition) is 1. The summed E-state index contributed by atoms with van der Waals surface area (Å²) in [5.41, 5.74) is 0.0738. The normalized spacial score (nSPS) is 17.8. The van der Waals surface area contributed by atoms with Crippen molar-refractivity contribution in [2.24, 2.45) is 0 Å². The zero-order chi connectivity index (χ0) is 14.7. The zero-order valence-corrected chi connectivity index (χ0v) is 11.1. The fourth-order valence-corrected chi connectivity index (χ4v) is 2.16. The highest BCUT2D eigenvalue weighted by Crippen LogP contribution is 2.10. The lowest BCUT2D eigenvalue weighted by Gasteiger charge is -2.36. The van der Waals surface area contributed by atoms with E-state index in [1.54, 1.807) is 16.7 Å². The molecule has 1 N–H and O–H groups in total. The Kier molecular flexibility index (Phi) is 4.29. The number of piperazine rings is 1. The summed E-state index contributed by atoms with van der Waals surface area (Å²) in [5.74, 6) is -1.89. The van der Waals surface area contributed by atoms with Gasteiger partial charge in [-0.3, -0.25) is 14.5 Å². The van der Waals surface area contributed by atoms with Crippen molar-refractivity contribution in [1.29, 1.82) is 0 Å². The van der Waals surface area contributed by atoms with Crippen LogP contribution >= 0.6 is 0 Å². The molecule has 1 aliphatic heterocycles. The van der Waals surface area contributed by atoms with Crippen LogP contribution < -0.4 is 0 Å². The molecule has 0 aromatic carbocycles. The van der Waals surface area contributed by atoms with Crippen LogP contribution in [0.5, 0.6) is 0 Å². The Balaban J connectivity index is 1.97. The minimum Gasteiger partial charge on any atom is -0.480 e. The van der Waals surface area contributed by atoms with Gasteiger partial charge in [0.05, 0.1) is 0 Å². The number of nitrogens with zero attached hydrogens (tertiary/aromatic N) is 3. The summed E-state index contributed by atoms with van der Waals surface area (Å²) in [6.45, 7) is 3.40. The van der Waals surface area contributed by atoms with Gasteiger partial charge in [-0.1, -0.05) is 6.07 Å². The SMILES string of the molecule is CC(C(=O)O)N1CCN(C(=O)c2cccc(F)n2)CC1. The number of halogens is 1. The topological polar surface area (TPSA) is 73.7 Å². The Morgan fingerprint density at radius 1 is 1.30 bits per heavy atom. The van der Waals surface area contributed by atoms with Crippen LogP contribution in [0.15, 0.2) is 18.2 Å². The van der Waals surface area contributed by atoms with Crippen molar-refractivity contribution in [3.63, 3.8) is 0 Å². The molecule has 20 heavy (non-hydrogen) atoms. The van der Waals surface area contributed by atoms with Crippen molar-refractivity contribution < 1.29 is 19.1 Å². The Morgan fingerprint density at radius 2 is 1.95 bits per heavy atom. The number of pyridine rings is 1. The fraction of sp³-hybridized carbons (Fsp3) is 0.462. The van der Waals surface area contributed by atoms with E-state index in [9.17, 15) is 14.0 Å². The standard InChI is InChI=1S/C13H16FN3O3/c1-9(13(19)20)16-5-7-17(8-6-16)12(18)10-3-2-4-11(14)15-10/h2-4,9H,5-8H2,1H3,(H,19,20). The van der Waals surface area contributed by atoms with Crippen LogP contribution in [0.25, 0.3) is 0 Å². The Bertz CT molecular complexity index is 515. The van der Waals surface area contributed by atoms with Crippen LogP contribution in [-0.2, 0) is 4.79 Å². The van der Waals surface area contributed by atoms with Gasteiger partial charge >= 0.3 is 5.97 Å². The predicted octanol–water partition coefficient (Wildman–Crippen LogP) is 0.452. The lowest BCUT2D eigenvalue weighted by atomic mass is 10.2. The quantitative estimate of drug-likeness (QED) is 0.814. The number of carbonyl (C=O) groups excluding carboxylic acids is 1. The maximum atomic E-state index is 13.0. The highest BCUT2D eigenvalue weighted by atomic mass is 19.1. The van der Waals surface area contributed by atoms with Gasteiger partial charge in [-0.25, -0.2) is 4.98 Å². The number of amides is 1. The lowest BCUT2D eigenvalue weighted by Crippen LogP contribution is -2.53. The molecule has 6 nitrogen and oxygen atoms in total. The first-order valence-corrected chi connectivity index (χ1v) is 6.37. The molecule has 0 spiro atoms. The van der Waals surface area contributed by atoms with Crippen molar-refractivity contribution in [3.8, 4) is 0 Å². The summed E-state index contributed by atoms with van der Waals surface area (Å²) in [6.07, 6.45) is 0. The van der Waals surface area contributed by atoms with E-state index < -0.39 is 18.0 Å². The number of carboxylic acid groups (broad SMARTS) is 1. The van der Waals surface area contributed by atoms with Crippen LogP contribution in [0, 0.1) is 5.95 Å². The number of hydrogen-bond acceptors (Lipinski definition) is 4. The second kappa shape index (κ2) is 5.96. The van der Waals surface area contributed by atoms with Crippen molar-refractivity contribution >= 4 is 11.9 Å². The zero-order valence-electron chi connectivity index (χ0n) is 11.1. The van der Waals surface area contributed by atoms with E-state index in [2.05, 4.69) is 4.98 Å². The van der Waals surface area contributed by atoms with Gasteiger partial charge in [-0.15, -0.1) is 0 Å². The van der Waals surface area contributed by atoms with Crippen molar-refractivity contribution in [2.45, 2.75) is 13.0 Å². The minimum absolute atomic E-state index is 0.0738. The molecular weight excluding hydrogens is 265 g/mol. The van der Waals surface area contributed by atoms with Gasteiger partial charge in [-0.05, 0) is 19.1 Å². The Morgan fingerprint density at radius 3 is 2.50 bits per heavy atom. The summed E-state index contributed by atoms with van der Waals surface area (Å²) < 4.78 is 13.0. The molecule has 1 aromatic rings. The van der Waals surface area contributed by atoms with E-state index in [0.717, 1.165) is 0 Å². The first-order chi connectivity index (χ1) is 9.49. The molecule has 7 heteroatoms. The van der Waals surface area contributed by atoms with Gasteiger partial charge in [0.25, 0.3) is 5.91 Å². The van der Waals surface area contributed by atoms with Crippen LogP contribution in [0.3, 0.4) is 0 Å². The molecule has 2 heterocycles. The van der Waals surface area contributed by atoms with Crippen LogP contribution in [0.2, 0.25) is 0 Å². The minimum atomic E-state index is -0.878. The highest BCUT2D eigenvalue weighted by Gasteiger charge is 2.28. The summed E-state index contributed by atoms with van der Waals surface area (Å²) in [5, 5.41) is 8.94. The van der Waals surface area contributed by atoms with Crippen LogP contribution in [0.4, 0.5) is 4.39 Å². The van der Waals surface area contributed by atoms with Crippen LogP contribution in [-0.4, -0.2) is 64.0 Å². The molecule has 1 fully saturated rings. The maximum Gasteiger partial charge on any atom is 0.320 e. The monoisotopic (exact) mass is 281 g/mol. The molecule has 1 amide bonds. The number of aliphatic carboxylic acids is 1. The van der Waals surface area contributed by atoms with E-state index in [4.69, 9.17) is 5.11 Å². The molecule has 1 aromatic heterocycles. The molecule has 0 bridgehead atoms. The Hall–Kier alpha value is -2.02.